The van der Waals surface area contributed by atoms with Crippen LogP contribution < -0.4 is 5.73 Å². The van der Waals surface area contributed by atoms with E-state index in [1.807, 2.05) is 0 Å². The minimum absolute atomic E-state index is 0.00216. The lowest BCUT2D eigenvalue weighted by Gasteiger charge is -2.23. The van der Waals surface area contributed by atoms with Gasteiger partial charge in [0.2, 0.25) is 5.91 Å². The first-order valence-electron chi connectivity index (χ1n) is 4.78. The molecule has 0 heterocycles. The lowest BCUT2D eigenvalue weighted by Crippen LogP contribution is -2.43. The molecule has 1 atom stereocenters. The molecule has 4 heteroatoms. The van der Waals surface area contributed by atoms with Crippen LogP contribution in [0.1, 0.15) is 26.7 Å². The van der Waals surface area contributed by atoms with Gasteiger partial charge in [0.05, 0.1) is 12.6 Å². The first-order chi connectivity index (χ1) is 6.13. The molecule has 0 aliphatic carbocycles. The van der Waals surface area contributed by atoms with Crippen molar-refractivity contribution in [2.45, 2.75) is 32.7 Å². The summed E-state index contributed by atoms with van der Waals surface area (Å²) in [6.07, 6.45) is 1.99. The topological polar surface area (TPSA) is 66.6 Å². The molecule has 78 valence electrons. The fourth-order valence-corrected chi connectivity index (χ4v) is 1.09. The quantitative estimate of drug-likeness (QED) is 0.614. The number of nitrogens with zero attached hydrogens (tertiary/aromatic N) is 1. The van der Waals surface area contributed by atoms with Crippen molar-refractivity contribution in [3.05, 3.63) is 0 Å². The minimum atomic E-state index is -0.469. The van der Waals surface area contributed by atoms with Gasteiger partial charge in [-0.2, -0.15) is 0 Å². The van der Waals surface area contributed by atoms with Crippen molar-refractivity contribution in [1.82, 2.24) is 4.90 Å². The normalized spacial score (nSPS) is 12.6. The zero-order valence-corrected chi connectivity index (χ0v) is 8.49. The average molecular weight is 188 g/mol. The van der Waals surface area contributed by atoms with Crippen LogP contribution in [0.15, 0.2) is 0 Å². The van der Waals surface area contributed by atoms with Crippen molar-refractivity contribution >= 4 is 5.91 Å². The highest BCUT2D eigenvalue weighted by molar-refractivity contribution is 5.81. The van der Waals surface area contributed by atoms with Gasteiger partial charge in [-0.1, -0.05) is 13.3 Å². The molecule has 1 amide bonds. The molecule has 13 heavy (non-hydrogen) atoms. The molecule has 0 saturated heterocycles. The van der Waals surface area contributed by atoms with Crippen LogP contribution in [0.2, 0.25) is 0 Å². The molecule has 0 spiro atoms. The number of nitrogens with two attached hydrogens (primary N) is 1. The van der Waals surface area contributed by atoms with Crippen LogP contribution >= 0.6 is 0 Å². The Morgan fingerprint density at radius 1 is 1.54 bits per heavy atom. The first-order valence-corrected chi connectivity index (χ1v) is 4.78. The molecule has 0 aromatic rings. The van der Waals surface area contributed by atoms with E-state index in [4.69, 9.17) is 10.8 Å². The smallest absolute Gasteiger partial charge is 0.239 e. The molecular weight excluding hydrogens is 168 g/mol. The number of amides is 1. The highest BCUT2D eigenvalue weighted by Crippen LogP contribution is 1.97. The van der Waals surface area contributed by atoms with Gasteiger partial charge in [0, 0.05) is 13.1 Å². The molecule has 0 saturated carbocycles. The second kappa shape index (κ2) is 6.86. The molecule has 0 aromatic carbocycles. The Bertz CT molecular complexity index is 149. The Balaban J connectivity index is 3.99. The summed E-state index contributed by atoms with van der Waals surface area (Å²) in [6.45, 7) is 4.81. The van der Waals surface area contributed by atoms with Gasteiger partial charge in [-0.3, -0.25) is 4.79 Å². The van der Waals surface area contributed by atoms with E-state index in [0.717, 1.165) is 12.8 Å². The number of carbonyl (C=O) groups is 1. The van der Waals surface area contributed by atoms with E-state index in [0.29, 0.717) is 13.1 Å². The third-order valence-electron chi connectivity index (χ3n) is 1.85. The molecule has 0 fully saturated rings. The first kappa shape index (κ1) is 12.4. The Hall–Kier alpha value is -0.610. The van der Waals surface area contributed by atoms with Gasteiger partial charge in [0.1, 0.15) is 0 Å². The number of carbonyl (C=O) groups excluding carboxylic acids is 1. The van der Waals surface area contributed by atoms with Gasteiger partial charge in [-0.05, 0) is 13.3 Å². The Labute approximate surface area is 79.7 Å². The van der Waals surface area contributed by atoms with Gasteiger partial charge in [0.15, 0.2) is 0 Å². The van der Waals surface area contributed by atoms with Crippen LogP contribution in [0.25, 0.3) is 0 Å². The summed E-state index contributed by atoms with van der Waals surface area (Å²) >= 11 is 0. The zero-order valence-electron chi connectivity index (χ0n) is 8.49. The van der Waals surface area contributed by atoms with Crippen molar-refractivity contribution in [2.75, 3.05) is 19.7 Å². The summed E-state index contributed by atoms with van der Waals surface area (Å²) in [5.74, 6) is -0.0810. The second-order valence-electron chi connectivity index (χ2n) is 3.19. The molecule has 0 rings (SSSR count). The molecule has 4 nitrogen and oxygen atoms in total. The van der Waals surface area contributed by atoms with Crippen LogP contribution in [0.4, 0.5) is 0 Å². The van der Waals surface area contributed by atoms with Crippen molar-refractivity contribution < 1.29 is 9.90 Å². The molecule has 0 aliphatic heterocycles. The predicted molar refractivity (Wildman–Crippen MR) is 52.2 cm³/mol. The molecule has 0 unspecified atom stereocenters. The van der Waals surface area contributed by atoms with Crippen molar-refractivity contribution in [1.29, 1.82) is 0 Å². The Morgan fingerprint density at radius 2 is 2.15 bits per heavy atom. The van der Waals surface area contributed by atoms with Gasteiger partial charge >= 0.3 is 0 Å². The minimum Gasteiger partial charge on any atom is -0.395 e. The number of aliphatic hydroxyl groups is 1. The number of aliphatic hydroxyl groups excluding tert-OH is 1. The van der Waals surface area contributed by atoms with Crippen LogP contribution in [0.3, 0.4) is 0 Å². The van der Waals surface area contributed by atoms with Crippen LogP contribution in [0.5, 0.6) is 0 Å². The summed E-state index contributed by atoms with van der Waals surface area (Å²) in [7, 11) is 0. The van der Waals surface area contributed by atoms with Gasteiger partial charge in [0.25, 0.3) is 0 Å². The maximum Gasteiger partial charge on any atom is 0.239 e. The molecule has 0 bridgehead atoms. The van der Waals surface area contributed by atoms with Crippen molar-refractivity contribution in [3.63, 3.8) is 0 Å². The van der Waals surface area contributed by atoms with E-state index >= 15 is 0 Å². The third kappa shape index (κ3) is 4.85. The fraction of sp³-hybridized carbons (Fsp3) is 0.889. The average Bonchev–Trinajstić information content (AvgIpc) is 2.11. The van der Waals surface area contributed by atoms with E-state index in [1.54, 1.807) is 11.8 Å². The van der Waals surface area contributed by atoms with Crippen molar-refractivity contribution in [2.24, 2.45) is 5.73 Å². The third-order valence-corrected chi connectivity index (χ3v) is 1.85. The van der Waals surface area contributed by atoms with Gasteiger partial charge in [-0.25, -0.2) is 0 Å². The van der Waals surface area contributed by atoms with E-state index in [9.17, 15) is 4.79 Å². The Morgan fingerprint density at radius 3 is 2.54 bits per heavy atom. The maximum atomic E-state index is 11.4. The van der Waals surface area contributed by atoms with E-state index in [1.165, 1.54) is 0 Å². The highest BCUT2D eigenvalue weighted by atomic mass is 16.3. The van der Waals surface area contributed by atoms with Crippen LogP contribution in [-0.4, -0.2) is 41.7 Å². The zero-order chi connectivity index (χ0) is 10.3. The second-order valence-corrected chi connectivity index (χ2v) is 3.19. The lowest BCUT2D eigenvalue weighted by atomic mass is 10.2. The summed E-state index contributed by atoms with van der Waals surface area (Å²) in [5, 5.41) is 8.73. The number of hydrogen-bond acceptors (Lipinski definition) is 3. The molecule has 0 radical (unpaired) electrons. The molecule has 0 aromatic heterocycles. The number of hydrogen-bond donors (Lipinski definition) is 2. The van der Waals surface area contributed by atoms with E-state index in [-0.39, 0.29) is 12.5 Å². The van der Waals surface area contributed by atoms with Crippen LogP contribution in [0, 0.1) is 0 Å². The SMILES string of the molecule is CCCCN(CCO)C(=O)[C@H](C)N. The predicted octanol–water partition coefficient (Wildman–Crippen LogP) is -0.0454. The lowest BCUT2D eigenvalue weighted by molar-refractivity contribution is -0.132. The van der Waals surface area contributed by atoms with E-state index < -0.39 is 6.04 Å². The molecular formula is C9H20N2O2. The monoisotopic (exact) mass is 188 g/mol. The summed E-state index contributed by atoms with van der Waals surface area (Å²) in [4.78, 5) is 13.0. The summed E-state index contributed by atoms with van der Waals surface area (Å²) < 4.78 is 0. The van der Waals surface area contributed by atoms with E-state index in [2.05, 4.69) is 6.92 Å². The molecule has 3 N–H and O–H groups in total. The number of unbranched alkanes of at least 4 members (excludes halogenated alkanes) is 1. The fourth-order valence-electron chi connectivity index (χ4n) is 1.09. The van der Waals surface area contributed by atoms with Crippen molar-refractivity contribution in [3.8, 4) is 0 Å². The Kier molecular flexibility index (Phi) is 6.54. The molecule has 0 aliphatic rings. The summed E-state index contributed by atoms with van der Waals surface area (Å²) in [6, 6.07) is -0.469. The number of rotatable bonds is 6. The van der Waals surface area contributed by atoms with Gasteiger partial charge in [-0.15, -0.1) is 0 Å². The van der Waals surface area contributed by atoms with Gasteiger partial charge < -0.3 is 15.7 Å². The highest BCUT2D eigenvalue weighted by Gasteiger charge is 2.15. The maximum absolute atomic E-state index is 11.4. The summed E-state index contributed by atoms with van der Waals surface area (Å²) in [5.41, 5.74) is 5.47. The van der Waals surface area contributed by atoms with Crippen LogP contribution in [-0.2, 0) is 4.79 Å². The standard InChI is InChI=1S/C9H20N2O2/c1-3-4-5-11(6-7-12)9(13)8(2)10/h8,12H,3-7,10H2,1-2H3/t8-/m0/s1. The largest absolute Gasteiger partial charge is 0.395 e.